The third-order valence-electron chi connectivity index (χ3n) is 3.89. The predicted molar refractivity (Wildman–Crippen MR) is 79.3 cm³/mol. The molecular weight excluding hydrogens is 268 g/mol. The smallest absolute Gasteiger partial charge is 0.259 e. The highest BCUT2D eigenvalue weighted by molar-refractivity contribution is 6.06. The van der Waals surface area contributed by atoms with Gasteiger partial charge in [-0.25, -0.2) is 4.98 Å². The number of aromatic nitrogens is 2. The van der Waals surface area contributed by atoms with Gasteiger partial charge in [0.1, 0.15) is 0 Å². The number of hydrogen-bond acceptors (Lipinski definition) is 5. The Morgan fingerprint density at radius 3 is 2.90 bits per heavy atom. The molecule has 0 saturated carbocycles. The van der Waals surface area contributed by atoms with Gasteiger partial charge in [-0.15, -0.1) is 0 Å². The first-order valence-electron chi connectivity index (χ1n) is 7.32. The number of aryl methyl sites for hydroxylation is 1. The molecule has 0 unspecified atom stereocenters. The molecule has 2 aromatic rings. The van der Waals surface area contributed by atoms with E-state index in [1.807, 2.05) is 26.8 Å². The van der Waals surface area contributed by atoms with Crippen LogP contribution < -0.4 is 10.6 Å². The molecule has 0 atom stereocenters. The summed E-state index contributed by atoms with van der Waals surface area (Å²) < 4.78 is 5.24. The van der Waals surface area contributed by atoms with Gasteiger partial charge in [-0.1, -0.05) is 19.0 Å². The molecule has 6 nitrogen and oxygen atoms in total. The maximum Gasteiger partial charge on any atom is 0.259 e. The Morgan fingerprint density at radius 1 is 1.52 bits per heavy atom. The van der Waals surface area contributed by atoms with Gasteiger partial charge in [0.15, 0.2) is 0 Å². The fourth-order valence-corrected chi connectivity index (χ4v) is 2.41. The first-order valence-corrected chi connectivity index (χ1v) is 7.32. The van der Waals surface area contributed by atoms with E-state index in [0.29, 0.717) is 34.8 Å². The summed E-state index contributed by atoms with van der Waals surface area (Å²) in [5.41, 5.74) is 2.58. The molecule has 1 fully saturated rings. The first kappa shape index (κ1) is 14.0. The summed E-state index contributed by atoms with van der Waals surface area (Å²) >= 11 is 0. The second-order valence-corrected chi connectivity index (χ2v) is 5.93. The molecule has 3 heterocycles. The van der Waals surface area contributed by atoms with Crippen molar-refractivity contribution in [1.82, 2.24) is 20.8 Å². The van der Waals surface area contributed by atoms with Crippen LogP contribution in [0.3, 0.4) is 0 Å². The first-order chi connectivity index (χ1) is 10.1. The summed E-state index contributed by atoms with van der Waals surface area (Å²) in [4.78, 5) is 16.9. The molecule has 3 rings (SSSR count). The van der Waals surface area contributed by atoms with Crippen LogP contribution in [-0.2, 0) is 0 Å². The Hall–Kier alpha value is -1.95. The highest BCUT2D eigenvalue weighted by Crippen LogP contribution is 2.25. The Kier molecular flexibility index (Phi) is 3.63. The summed E-state index contributed by atoms with van der Waals surface area (Å²) in [5.74, 6) is 0.670. The van der Waals surface area contributed by atoms with Crippen molar-refractivity contribution in [1.29, 1.82) is 0 Å². The molecule has 21 heavy (non-hydrogen) atoms. The number of carbonyl (C=O) groups is 1. The van der Waals surface area contributed by atoms with Crippen molar-refractivity contribution in [2.45, 2.75) is 26.7 Å². The van der Waals surface area contributed by atoms with Crippen LogP contribution >= 0.6 is 0 Å². The fourth-order valence-electron chi connectivity index (χ4n) is 2.41. The molecule has 0 radical (unpaired) electrons. The summed E-state index contributed by atoms with van der Waals surface area (Å²) in [5, 5.41) is 10.8. The Balaban J connectivity index is 1.93. The molecule has 0 aliphatic carbocycles. The third kappa shape index (κ3) is 2.63. The van der Waals surface area contributed by atoms with E-state index in [-0.39, 0.29) is 11.8 Å². The quantitative estimate of drug-likeness (QED) is 0.893. The molecular formula is C15H20N4O2. The summed E-state index contributed by atoms with van der Waals surface area (Å²) in [7, 11) is 0. The van der Waals surface area contributed by atoms with E-state index in [1.54, 1.807) is 0 Å². The van der Waals surface area contributed by atoms with Gasteiger partial charge in [-0.2, -0.15) is 0 Å². The zero-order valence-electron chi connectivity index (χ0n) is 12.6. The maximum atomic E-state index is 12.5. The van der Waals surface area contributed by atoms with Gasteiger partial charge in [0.2, 0.25) is 0 Å². The Bertz CT molecular complexity index is 674. The van der Waals surface area contributed by atoms with Crippen LogP contribution in [0.25, 0.3) is 11.1 Å². The van der Waals surface area contributed by atoms with Gasteiger partial charge in [0.25, 0.3) is 11.6 Å². The van der Waals surface area contributed by atoms with Crippen LogP contribution in [0, 0.1) is 12.8 Å². The molecule has 1 saturated heterocycles. The van der Waals surface area contributed by atoms with E-state index in [4.69, 9.17) is 4.52 Å². The molecule has 6 heteroatoms. The second-order valence-electron chi connectivity index (χ2n) is 5.93. The zero-order chi connectivity index (χ0) is 15.0. The van der Waals surface area contributed by atoms with Gasteiger partial charge < -0.3 is 15.2 Å². The number of fused-ring (bicyclic) bond motifs is 1. The van der Waals surface area contributed by atoms with E-state index < -0.39 is 0 Å². The maximum absolute atomic E-state index is 12.5. The van der Waals surface area contributed by atoms with E-state index in [2.05, 4.69) is 20.8 Å². The van der Waals surface area contributed by atoms with Crippen LogP contribution in [0.1, 0.15) is 41.5 Å². The van der Waals surface area contributed by atoms with E-state index in [9.17, 15) is 4.79 Å². The molecule has 2 aromatic heterocycles. The fraction of sp³-hybridized carbons (Fsp3) is 0.533. The lowest BCUT2D eigenvalue weighted by atomic mass is 10.0. The number of hydrogen-bond donors (Lipinski definition) is 2. The van der Waals surface area contributed by atoms with Gasteiger partial charge in [-0.3, -0.25) is 4.79 Å². The standard InChI is InChI=1S/C15H20N4O2/c1-8(2)12-4-11(13-9(3)19-21-15(13)18-12)14(20)17-7-10-5-16-6-10/h4,8,10,16H,5-7H2,1-3H3,(H,17,20). The monoisotopic (exact) mass is 288 g/mol. The molecule has 2 N–H and O–H groups in total. The van der Waals surface area contributed by atoms with Crippen molar-refractivity contribution in [2.75, 3.05) is 19.6 Å². The summed E-state index contributed by atoms with van der Waals surface area (Å²) in [6.07, 6.45) is 0. The number of pyridine rings is 1. The highest BCUT2D eigenvalue weighted by atomic mass is 16.5. The number of rotatable bonds is 4. The van der Waals surface area contributed by atoms with Gasteiger partial charge in [0, 0.05) is 31.2 Å². The van der Waals surface area contributed by atoms with Crippen molar-refractivity contribution in [3.8, 4) is 0 Å². The normalized spacial score (nSPS) is 15.4. The summed E-state index contributed by atoms with van der Waals surface area (Å²) in [6, 6.07) is 1.85. The van der Waals surface area contributed by atoms with Crippen molar-refractivity contribution in [3.05, 3.63) is 23.0 Å². The highest BCUT2D eigenvalue weighted by Gasteiger charge is 2.22. The molecule has 112 valence electrons. The van der Waals surface area contributed by atoms with Crippen molar-refractivity contribution < 1.29 is 9.32 Å². The van der Waals surface area contributed by atoms with Crippen LogP contribution in [-0.4, -0.2) is 35.7 Å². The average Bonchev–Trinajstić information content (AvgIpc) is 2.77. The largest absolute Gasteiger partial charge is 0.352 e. The lowest BCUT2D eigenvalue weighted by molar-refractivity contribution is 0.0943. The number of nitrogens with one attached hydrogen (secondary N) is 2. The number of nitrogens with zero attached hydrogens (tertiary/aromatic N) is 2. The third-order valence-corrected chi connectivity index (χ3v) is 3.89. The van der Waals surface area contributed by atoms with Gasteiger partial charge in [-0.05, 0) is 18.9 Å². The molecule has 1 amide bonds. The summed E-state index contributed by atoms with van der Waals surface area (Å²) in [6.45, 7) is 8.54. The molecule has 0 spiro atoms. The lowest BCUT2D eigenvalue weighted by Gasteiger charge is -2.27. The Labute approximate surface area is 123 Å². The second kappa shape index (κ2) is 5.44. The van der Waals surface area contributed by atoms with Gasteiger partial charge in [0.05, 0.1) is 16.6 Å². The zero-order valence-corrected chi connectivity index (χ0v) is 12.6. The van der Waals surface area contributed by atoms with E-state index in [0.717, 1.165) is 18.8 Å². The van der Waals surface area contributed by atoms with E-state index >= 15 is 0 Å². The van der Waals surface area contributed by atoms with Crippen LogP contribution in [0.15, 0.2) is 10.6 Å². The minimum absolute atomic E-state index is 0.0810. The SMILES string of the molecule is Cc1noc2nc(C(C)C)cc(C(=O)NCC3CNC3)c12. The molecule has 0 aromatic carbocycles. The van der Waals surface area contributed by atoms with Gasteiger partial charge >= 0.3 is 0 Å². The predicted octanol–water partition coefficient (Wildman–Crippen LogP) is 1.60. The molecule has 0 bridgehead atoms. The van der Waals surface area contributed by atoms with E-state index in [1.165, 1.54) is 0 Å². The topological polar surface area (TPSA) is 80.0 Å². The van der Waals surface area contributed by atoms with Crippen LogP contribution in [0.5, 0.6) is 0 Å². The lowest BCUT2D eigenvalue weighted by Crippen LogP contribution is -2.48. The van der Waals surface area contributed by atoms with Crippen LogP contribution in [0.2, 0.25) is 0 Å². The van der Waals surface area contributed by atoms with Crippen molar-refractivity contribution >= 4 is 17.0 Å². The minimum Gasteiger partial charge on any atom is -0.352 e. The molecule has 1 aliphatic rings. The number of carbonyl (C=O) groups excluding carboxylic acids is 1. The van der Waals surface area contributed by atoms with Crippen LogP contribution in [0.4, 0.5) is 0 Å². The van der Waals surface area contributed by atoms with Crippen molar-refractivity contribution in [3.63, 3.8) is 0 Å². The molecule has 1 aliphatic heterocycles. The Morgan fingerprint density at radius 2 is 2.29 bits per heavy atom. The number of amides is 1. The average molecular weight is 288 g/mol. The minimum atomic E-state index is -0.0810. The van der Waals surface area contributed by atoms with Crippen molar-refractivity contribution in [2.24, 2.45) is 5.92 Å².